The molecule has 8 nitrogen and oxygen atoms in total. The van der Waals surface area contributed by atoms with Gasteiger partial charge in [-0.3, -0.25) is 19.8 Å². The predicted molar refractivity (Wildman–Crippen MR) is 113 cm³/mol. The van der Waals surface area contributed by atoms with Crippen LogP contribution in [-0.2, 0) is 6.54 Å². The second-order valence-electron chi connectivity index (χ2n) is 5.85. The van der Waals surface area contributed by atoms with Gasteiger partial charge < -0.3 is 10.6 Å². The molecule has 0 aliphatic heterocycles. The first-order chi connectivity index (χ1) is 12.4. The fraction of sp³-hybridized carbons (Fsp3) is 0.412. The van der Waals surface area contributed by atoms with Crippen LogP contribution in [0.25, 0.3) is 0 Å². The molecular weight excluding hydrogens is 466 g/mol. The van der Waals surface area contributed by atoms with Crippen molar-refractivity contribution in [2.45, 2.75) is 33.4 Å². The highest BCUT2D eigenvalue weighted by molar-refractivity contribution is 14.0. The summed E-state index contributed by atoms with van der Waals surface area (Å²) in [6, 6.07) is 5.01. The Morgan fingerprint density at radius 2 is 2.22 bits per heavy atom. The zero-order valence-electron chi connectivity index (χ0n) is 15.5. The average Bonchev–Trinajstić information content (AvgIpc) is 3.06. The Morgan fingerprint density at radius 1 is 1.48 bits per heavy atom. The smallest absolute Gasteiger partial charge is 0.306 e. The van der Waals surface area contributed by atoms with E-state index in [1.165, 1.54) is 23.1 Å². The molecule has 0 aliphatic rings. The fourth-order valence-corrected chi connectivity index (χ4v) is 2.32. The first kappa shape index (κ1) is 22.8. The van der Waals surface area contributed by atoms with E-state index in [1.54, 1.807) is 13.0 Å². The number of benzene rings is 1. The van der Waals surface area contributed by atoms with Crippen molar-refractivity contribution < 1.29 is 9.31 Å². The molecule has 1 aromatic heterocycles. The lowest BCUT2D eigenvalue weighted by molar-refractivity contribution is -0.385. The predicted octanol–water partition coefficient (Wildman–Crippen LogP) is 3.17. The highest BCUT2D eigenvalue weighted by Crippen LogP contribution is 2.16. The molecule has 0 saturated heterocycles. The van der Waals surface area contributed by atoms with Crippen molar-refractivity contribution >= 4 is 35.6 Å². The Balaban J connectivity index is 0.00000364. The number of nitrogens with one attached hydrogen (secondary N) is 2. The third-order valence-corrected chi connectivity index (χ3v) is 3.82. The lowest BCUT2D eigenvalue weighted by Gasteiger charge is -2.18. The van der Waals surface area contributed by atoms with Gasteiger partial charge in [0.1, 0.15) is 18.2 Å². The zero-order chi connectivity index (χ0) is 19.1. The number of rotatable bonds is 7. The van der Waals surface area contributed by atoms with Gasteiger partial charge in [-0.2, -0.15) is 5.10 Å². The van der Waals surface area contributed by atoms with Crippen LogP contribution in [0.1, 0.15) is 31.0 Å². The second-order valence-corrected chi connectivity index (χ2v) is 5.85. The van der Waals surface area contributed by atoms with Crippen molar-refractivity contribution in [3.05, 3.63) is 57.7 Å². The molecule has 0 amide bonds. The van der Waals surface area contributed by atoms with Crippen LogP contribution < -0.4 is 10.6 Å². The first-order valence-electron chi connectivity index (χ1n) is 8.38. The number of guanidine groups is 1. The number of hydrogen-bond donors (Lipinski definition) is 2. The van der Waals surface area contributed by atoms with Gasteiger partial charge in [0.05, 0.1) is 24.1 Å². The minimum absolute atomic E-state index is 0. The number of nitro groups is 1. The lowest BCUT2D eigenvalue weighted by Crippen LogP contribution is -2.39. The topological polar surface area (TPSA) is 97.4 Å². The molecule has 1 heterocycles. The van der Waals surface area contributed by atoms with Crippen LogP contribution in [0.3, 0.4) is 0 Å². The molecule has 0 fully saturated rings. The number of nitrogens with zero attached hydrogens (tertiary/aromatic N) is 4. The molecule has 0 aliphatic carbocycles. The maximum atomic E-state index is 13.7. The summed E-state index contributed by atoms with van der Waals surface area (Å²) >= 11 is 0. The van der Waals surface area contributed by atoms with Gasteiger partial charge in [-0.05, 0) is 38.0 Å². The molecule has 2 N–H and O–H groups in total. The van der Waals surface area contributed by atoms with E-state index in [9.17, 15) is 14.5 Å². The van der Waals surface area contributed by atoms with Crippen LogP contribution in [-0.4, -0.2) is 33.8 Å². The lowest BCUT2D eigenvalue weighted by atomic mass is 10.1. The van der Waals surface area contributed by atoms with Gasteiger partial charge in [-0.1, -0.05) is 12.1 Å². The summed E-state index contributed by atoms with van der Waals surface area (Å²) in [6.07, 6.45) is 2.58. The van der Waals surface area contributed by atoms with Crippen molar-refractivity contribution in [1.29, 1.82) is 0 Å². The van der Waals surface area contributed by atoms with Gasteiger partial charge in [-0.15, -0.1) is 24.0 Å². The van der Waals surface area contributed by atoms with Crippen LogP contribution in [0.5, 0.6) is 0 Å². The molecule has 1 atom stereocenters. The van der Waals surface area contributed by atoms with E-state index in [0.29, 0.717) is 31.2 Å². The standard InChI is InChI=1S/C17H23FN6O2.HI/c1-4-19-17(20-7-8-23-11-15(10-21-23)24(25)26)22-13(3)14-6-5-12(2)16(18)9-14;/h5-6,9-11,13H,4,7-8H2,1-3H3,(H2,19,20,22);1H. The highest BCUT2D eigenvalue weighted by Gasteiger charge is 2.10. The molecule has 10 heteroatoms. The summed E-state index contributed by atoms with van der Waals surface area (Å²) in [5.41, 5.74) is 1.38. The molecule has 1 unspecified atom stereocenters. The monoisotopic (exact) mass is 490 g/mol. The van der Waals surface area contributed by atoms with E-state index in [0.717, 1.165) is 5.56 Å². The van der Waals surface area contributed by atoms with Crippen LogP contribution in [0.2, 0.25) is 0 Å². The minimum atomic E-state index is -0.485. The number of aliphatic imine (C=N–C) groups is 1. The first-order valence-corrected chi connectivity index (χ1v) is 8.38. The Bertz CT molecular complexity index is 795. The summed E-state index contributed by atoms with van der Waals surface area (Å²) in [7, 11) is 0. The van der Waals surface area contributed by atoms with Crippen molar-refractivity contribution in [3.63, 3.8) is 0 Å². The van der Waals surface area contributed by atoms with E-state index in [1.807, 2.05) is 19.9 Å². The van der Waals surface area contributed by atoms with Gasteiger partial charge in [0.2, 0.25) is 0 Å². The molecular formula is C17H24FIN6O2. The number of hydrogen-bond acceptors (Lipinski definition) is 4. The number of halogens is 2. The SMILES string of the molecule is CCNC(=NCCn1cc([N+](=O)[O-])cn1)NC(C)c1ccc(C)c(F)c1.I. The van der Waals surface area contributed by atoms with Crippen LogP contribution in [0.15, 0.2) is 35.6 Å². The quantitative estimate of drug-likeness (QED) is 0.204. The molecule has 1 aromatic carbocycles. The van der Waals surface area contributed by atoms with E-state index in [4.69, 9.17) is 0 Å². The summed E-state index contributed by atoms with van der Waals surface area (Å²) in [6.45, 7) is 7.08. The van der Waals surface area contributed by atoms with Crippen molar-refractivity contribution in [2.75, 3.05) is 13.1 Å². The molecule has 0 bridgehead atoms. The largest absolute Gasteiger partial charge is 0.357 e. The Kier molecular flexibility index (Phi) is 9.12. The summed E-state index contributed by atoms with van der Waals surface area (Å²) < 4.78 is 15.2. The van der Waals surface area contributed by atoms with Crippen molar-refractivity contribution in [3.8, 4) is 0 Å². The van der Waals surface area contributed by atoms with Crippen molar-refractivity contribution in [2.24, 2.45) is 4.99 Å². The third kappa shape index (κ3) is 6.77. The van der Waals surface area contributed by atoms with E-state index in [-0.39, 0.29) is 41.5 Å². The van der Waals surface area contributed by atoms with Crippen LogP contribution in [0, 0.1) is 22.9 Å². The van der Waals surface area contributed by atoms with E-state index in [2.05, 4.69) is 20.7 Å². The molecule has 0 radical (unpaired) electrons. The molecule has 148 valence electrons. The van der Waals surface area contributed by atoms with Gasteiger partial charge >= 0.3 is 5.69 Å². The number of aryl methyl sites for hydroxylation is 1. The number of aromatic nitrogens is 2. The molecule has 2 rings (SSSR count). The molecule has 0 spiro atoms. The molecule has 2 aromatic rings. The highest BCUT2D eigenvalue weighted by atomic mass is 127. The van der Waals surface area contributed by atoms with E-state index < -0.39 is 4.92 Å². The maximum Gasteiger partial charge on any atom is 0.306 e. The normalized spacial score (nSPS) is 12.2. The molecule has 27 heavy (non-hydrogen) atoms. The van der Waals surface area contributed by atoms with Gasteiger partial charge in [-0.25, -0.2) is 4.39 Å². The fourth-order valence-electron chi connectivity index (χ4n) is 2.32. The van der Waals surface area contributed by atoms with Gasteiger partial charge in [0, 0.05) is 6.54 Å². The zero-order valence-corrected chi connectivity index (χ0v) is 17.8. The van der Waals surface area contributed by atoms with Crippen LogP contribution >= 0.6 is 24.0 Å². The second kappa shape index (κ2) is 10.8. The Labute approximate surface area is 174 Å². The van der Waals surface area contributed by atoms with E-state index >= 15 is 0 Å². The Morgan fingerprint density at radius 3 is 2.81 bits per heavy atom. The maximum absolute atomic E-state index is 13.7. The van der Waals surface area contributed by atoms with Gasteiger partial charge in [0.15, 0.2) is 5.96 Å². The summed E-state index contributed by atoms with van der Waals surface area (Å²) in [4.78, 5) is 14.6. The summed E-state index contributed by atoms with van der Waals surface area (Å²) in [5, 5.41) is 20.9. The minimum Gasteiger partial charge on any atom is -0.357 e. The van der Waals surface area contributed by atoms with Crippen LogP contribution in [0.4, 0.5) is 10.1 Å². The van der Waals surface area contributed by atoms with Gasteiger partial charge in [0.25, 0.3) is 0 Å². The molecule has 0 saturated carbocycles. The van der Waals surface area contributed by atoms with Crippen molar-refractivity contribution in [1.82, 2.24) is 20.4 Å². The average molecular weight is 490 g/mol. The Hall–Kier alpha value is -2.24. The third-order valence-electron chi connectivity index (χ3n) is 3.82. The summed E-state index contributed by atoms with van der Waals surface area (Å²) in [5.74, 6) is 0.348.